The van der Waals surface area contributed by atoms with Gasteiger partial charge in [0.1, 0.15) is 19.0 Å². The molecule has 9 heteroatoms. The maximum absolute atomic E-state index is 13.1. The number of carbonyl (C=O) groups is 2. The first-order chi connectivity index (χ1) is 15.8. The number of methoxy groups -OCH3 is 1. The van der Waals surface area contributed by atoms with E-state index in [1.54, 1.807) is 12.1 Å². The van der Waals surface area contributed by atoms with E-state index >= 15 is 0 Å². The lowest BCUT2D eigenvalue weighted by Gasteiger charge is -2.30. The van der Waals surface area contributed by atoms with E-state index in [0.29, 0.717) is 12.8 Å². The Morgan fingerprint density at radius 1 is 0.970 bits per heavy atom. The normalized spacial score (nSPS) is 15.1. The van der Waals surface area contributed by atoms with Crippen LogP contribution in [-0.2, 0) is 24.3 Å². The van der Waals surface area contributed by atoms with Gasteiger partial charge >= 0.3 is 11.9 Å². The summed E-state index contributed by atoms with van der Waals surface area (Å²) in [7, 11) is -2.69. The average molecular weight is 476 g/mol. The van der Waals surface area contributed by atoms with E-state index in [1.165, 1.54) is 23.5 Å². The summed E-state index contributed by atoms with van der Waals surface area (Å²) in [6, 6.07) is 11.8. The van der Waals surface area contributed by atoms with Gasteiger partial charge in [0.25, 0.3) is 0 Å². The molecule has 0 radical (unpaired) electrons. The molecule has 0 amide bonds. The zero-order valence-corrected chi connectivity index (χ0v) is 19.9. The smallest absolute Gasteiger partial charge is 0.339 e. The highest BCUT2D eigenvalue weighted by molar-refractivity contribution is 7.89. The van der Waals surface area contributed by atoms with E-state index in [0.717, 1.165) is 16.9 Å². The van der Waals surface area contributed by atoms with Crippen LogP contribution in [0.2, 0.25) is 0 Å². The van der Waals surface area contributed by atoms with E-state index in [2.05, 4.69) is 0 Å². The second-order valence-corrected chi connectivity index (χ2v) is 9.81. The van der Waals surface area contributed by atoms with Crippen molar-refractivity contribution < 1.29 is 32.2 Å². The molecule has 0 aromatic heterocycles. The number of aryl methyl sites for hydroxylation is 2. The Bertz CT molecular complexity index is 1090. The molecule has 2 aromatic carbocycles. The summed E-state index contributed by atoms with van der Waals surface area (Å²) in [5.41, 5.74) is 2.03. The molecule has 3 rings (SSSR count). The fourth-order valence-electron chi connectivity index (χ4n) is 3.87. The Balaban J connectivity index is 1.52. The molecule has 1 heterocycles. The molecule has 0 saturated carbocycles. The Labute approximate surface area is 194 Å². The van der Waals surface area contributed by atoms with Gasteiger partial charge in [0.2, 0.25) is 10.0 Å². The van der Waals surface area contributed by atoms with Gasteiger partial charge in [0, 0.05) is 13.1 Å². The van der Waals surface area contributed by atoms with Gasteiger partial charge in [-0.1, -0.05) is 30.3 Å². The highest BCUT2D eigenvalue weighted by Gasteiger charge is 2.34. The van der Waals surface area contributed by atoms with Crippen LogP contribution < -0.4 is 4.74 Å². The van der Waals surface area contributed by atoms with Crippen LogP contribution in [0.4, 0.5) is 0 Å². The van der Waals surface area contributed by atoms with Crippen LogP contribution >= 0.6 is 0 Å². The first-order valence-corrected chi connectivity index (χ1v) is 12.2. The second-order valence-electron chi connectivity index (χ2n) is 7.90. The van der Waals surface area contributed by atoms with Crippen LogP contribution in [0.5, 0.6) is 5.75 Å². The number of esters is 2. The number of nitrogens with zero attached hydrogens (tertiary/aromatic N) is 1. The van der Waals surface area contributed by atoms with E-state index < -0.39 is 16.0 Å². The van der Waals surface area contributed by atoms with Gasteiger partial charge in [-0.3, -0.25) is 4.79 Å². The molecule has 1 aliphatic rings. The second kappa shape index (κ2) is 10.8. The van der Waals surface area contributed by atoms with Gasteiger partial charge in [-0.25, -0.2) is 13.2 Å². The third-order valence-corrected chi connectivity index (χ3v) is 7.64. The molecule has 0 unspecified atom stereocenters. The molecule has 1 fully saturated rings. The number of benzene rings is 2. The molecule has 8 nitrogen and oxygen atoms in total. The number of ether oxygens (including phenoxy) is 3. The SMILES string of the molecule is COC(=O)c1ccccc1S(=O)(=O)N1CCC(C(=O)OCCOc2c(C)cccc2C)CC1. The summed E-state index contributed by atoms with van der Waals surface area (Å²) < 4.78 is 43.3. The fourth-order valence-corrected chi connectivity index (χ4v) is 5.52. The van der Waals surface area contributed by atoms with Gasteiger partial charge in [-0.15, -0.1) is 0 Å². The maximum atomic E-state index is 13.1. The third kappa shape index (κ3) is 5.72. The first-order valence-electron chi connectivity index (χ1n) is 10.8. The van der Waals surface area contributed by atoms with Crippen molar-refractivity contribution in [1.29, 1.82) is 0 Å². The standard InChI is InChI=1S/C24H29NO7S/c1-17-7-6-8-18(2)22(17)31-15-16-32-23(26)19-11-13-25(14-12-19)33(28,29)21-10-5-4-9-20(21)24(27)30-3/h4-10,19H,11-16H2,1-3H3. The molecule has 2 aromatic rings. The lowest BCUT2D eigenvalue weighted by molar-refractivity contribution is -0.150. The number of sulfonamides is 1. The van der Waals surface area contributed by atoms with Crippen LogP contribution in [0.3, 0.4) is 0 Å². The molecule has 1 saturated heterocycles. The van der Waals surface area contributed by atoms with E-state index in [9.17, 15) is 18.0 Å². The third-order valence-electron chi connectivity index (χ3n) is 5.68. The number of rotatable bonds is 8. The van der Waals surface area contributed by atoms with Crippen LogP contribution in [0.25, 0.3) is 0 Å². The number of hydrogen-bond donors (Lipinski definition) is 0. The van der Waals surface area contributed by atoms with Crippen molar-refractivity contribution in [3.63, 3.8) is 0 Å². The maximum Gasteiger partial charge on any atom is 0.339 e. The summed E-state index contributed by atoms with van der Waals surface area (Å²) in [5, 5.41) is 0. The molecule has 0 spiro atoms. The number of para-hydroxylation sites is 1. The Morgan fingerprint density at radius 3 is 2.24 bits per heavy atom. The monoisotopic (exact) mass is 475 g/mol. The quantitative estimate of drug-likeness (QED) is 0.427. The molecular weight excluding hydrogens is 446 g/mol. The zero-order chi connectivity index (χ0) is 24.0. The average Bonchev–Trinajstić information content (AvgIpc) is 2.82. The van der Waals surface area contributed by atoms with Crippen LogP contribution in [-0.4, -0.2) is 58.1 Å². The molecule has 33 heavy (non-hydrogen) atoms. The summed E-state index contributed by atoms with van der Waals surface area (Å²) >= 11 is 0. The highest BCUT2D eigenvalue weighted by atomic mass is 32.2. The van der Waals surface area contributed by atoms with Crippen LogP contribution in [0.1, 0.15) is 34.3 Å². The molecule has 1 aliphatic heterocycles. The van der Waals surface area contributed by atoms with Crippen LogP contribution in [0.15, 0.2) is 47.4 Å². The van der Waals surface area contributed by atoms with Crippen LogP contribution in [0, 0.1) is 19.8 Å². The fraction of sp³-hybridized carbons (Fsp3) is 0.417. The van der Waals surface area contributed by atoms with Gasteiger partial charge in [0.05, 0.1) is 23.5 Å². The minimum absolute atomic E-state index is 0.00887. The van der Waals surface area contributed by atoms with Crippen molar-refractivity contribution in [2.24, 2.45) is 5.92 Å². The summed E-state index contributed by atoms with van der Waals surface area (Å²) in [6.45, 7) is 4.61. The van der Waals surface area contributed by atoms with Gasteiger partial charge in [-0.05, 0) is 49.9 Å². The zero-order valence-electron chi connectivity index (χ0n) is 19.1. The lowest BCUT2D eigenvalue weighted by Crippen LogP contribution is -2.41. The van der Waals surface area contributed by atoms with Crippen molar-refractivity contribution >= 4 is 22.0 Å². The molecule has 178 valence electrons. The minimum Gasteiger partial charge on any atom is -0.489 e. The lowest BCUT2D eigenvalue weighted by atomic mass is 9.98. The van der Waals surface area contributed by atoms with Gasteiger partial charge in [0.15, 0.2) is 0 Å². The minimum atomic E-state index is -3.90. The largest absolute Gasteiger partial charge is 0.489 e. The van der Waals surface area contributed by atoms with Crippen molar-refractivity contribution in [2.75, 3.05) is 33.4 Å². The van der Waals surface area contributed by atoms with E-state index in [-0.39, 0.29) is 48.6 Å². The summed E-state index contributed by atoms with van der Waals surface area (Å²) in [5.74, 6) is -0.658. The van der Waals surface area contributed by atoms with E-state index in [4.69, 9.17) is 14.2 Å². The predicted molar refractivity (Wildman–Crippen MR) is 122 cm³/mol. The molecule has 0 atom stereocenters. The van der Waals surface area contributed by atoms with E-state index in [1.807, 2.05) is 32.0 Å². The van der Waals surface area contributed by atoms with Crippen molar-refractivity contribution in [2.45, 2.75) is 31.6 Å². The Hall–Kier alpha value is -2.91. The number of hydrogen-bond acceptors (Lipinski definition) is 7. The highest BCUT2D eigenvalue weighted by Crippen LogP contribution is 2.27. The number of carbonyl (C=O) groups excluding carboxylic acids is 2. The molecule has 0 bridgehead atoms. The molecular formula is C24H29NO7S. The Kier molecular flexibility index (Phi) is 8.10. The molecule has 0 N–H and O–H groups in total. The van der Waals surface area contributed by atoms with Crippen molar-refractivity contribution in [3.8, 4) is 5.75 Å². The van der Waals surface area contributed by atoms with Crippen molar-refractivity contribution in [3.05, 3.63) is 59.2 Å². The predicted octanol–water partition coefficient (Wildman–Crippen LogP) is 3.11. The van der Waals surface area contributed by atoms with Crippen molar-refractivity contribution in [1.82, 2.24) is 4.31 Å². The summed E-state index contributed by atoms with van der Waals surface area (Å²) in [4.78, 5) is 24.3. The Morgan fingerprint density at radius 2 is 1.61 bits per heavy atom. The van der Waals surface area contributed by atoms with Gasteiger partial charge in [-0.2, -0.15) is 4.31 Å². The molecule has 0 aliphatic carbocycles. The summed E-state index contributed by atoms with van der Waals surface area (Å²) in [6.07, 6.45) is 0.687. The topological polar surface area (TPSA) is 99.2 Å². The first kappa shape index (κ1) is 24.7. The van der Waals surface area contributed by atoms with Gasteiger partial charge < -0.3 is 14.2 Å². The number of piperidine rings is 1.